The Morgan fingerprint density at radius 3 is 2.14 bits per heavy atom. The Bertz CT molecular complexity index is 2230. The van der Waals surface area contributed by atoms with E-state index in [4.69, 9.17) is 4.98 Å². The van der Waals surface area contributed by atoms with Crippen LogP contribution in [-0.2, 0) is 17.4 Å². The lowest BCUT2D eigenvalue weighted by Crippen LogP contribution is -2.40. The fourth-order valence-corrected chi connectivity index (χ4v) is 10.0. The number of aromatic amines is 1. The van der Waals surface area contributed by atoms with Crippen LogP contribution in [0.1, 0.15) is 18.4 Å². The number of anilines is 2. The summed E-state index contributed by atoms with van der Waals surface area (Å²) in [6.07, 6.45) is 2.93. The lowest BCUT2D eigenvalue weighted by atomic mass is 10.1. The highest BCUT2D eigenvalue weighted by Gasteiger charge is 2.41. The molecule has 2 aliphatic heterocycles. The average Bonchev–Trinajstić information content (AvgIpc) is 3.44. The van der Waals surface area contributed by atoms with Crippen molar-refractivity contribution in [1.82, 2.24) is 19.5 Å². The van der Waals surface area contributed by atoms with Crippen LogP contribution in [0.15, 0.2) is 108 Å². The normalized spacial score (nSPS) is 15.0. The Morgan fingerprint density at radius 1 is 0.837 bits per heavy atom. The Hall–Kier alpha value is -4.82. The van der Waals surface area contributed by atoms with E-state index in [-0.39, 0.29) is 17.4 Å². The first-order valence-corrected chi connectivity index (χ1v) is 17.5. The van der Waals surface area contributed by atoms with Gasteiger partial charge in [-0.2, -0.15) is 0 Å². The van der Waals surface area contributed by atoms with E-state index in [2.05, 4.69) is 20.2 Å². The molecule has 0 unspecified atom stereocenters. The molecule has 49 heavy (non-hydrogen) atoms. The smallest absolute Gasteiger partial charge is 0.252 e. The second kappa shape index (κ2) is 12.6. The zero-order valence-electron chi connectivity index (χ0n) is 25.5. The molecule has 0 atom stereocenters. The Morgan fingerprint density at radius 2 is 1.49 bits per heavy atom. The van der Waals surface area contributed by atoms with E-state index in [1.165, 1.54) is 24.4 Å². The lowest BCUT2D eigenvalue weighted by Gasteiger charge is -2.33. The summed E-state index contributed by atoms with van der Waals surface area (Å²) in [6.45, 7) is 1.65. The summed E-state index contributed by atoms with van der Waals surface area (Å²) in [5.74, 6) is -3.34. The molecule has 2 aliphatic rings. The summed E-state index contributed by atoms with van der Waals surface area (Å²) in [6, 6.07) is 17.7. The standard InChI is InChI=1S/C35H25F5N6OS2/c36-20-3-1-19(2-4-20)18-46-28-13-22(49-31-16-25(39)23(37)14-29(31)48-30-15-24(38)26(40)17-32(30)49)5-6-27(28)43-35(46)45-11-8-21(9-12-45)42-34-41-10-7-33(47)44-34/h1-7,10,13-17,21H,8-9,11-12,18H2,(H-,41,42,44,47)/p+1. The monoisotopic (exact) mass is 705 g/mol. The maximum absolute atomic E-state index is 14.7. The van der Waals surface area contributed by atoms with E-state index in [0.29, 0.717) is 61.5 Å². The number of rotatable bonds is 6. The molecule has 7 nitrogen and oxygen atoms in total. The van der Waals surface area contributed by atoms with Crippen molar-refractivity contribution >= 4 is 45.6 Å². The Labute approximate surface area is 283 Å². The molecule has 1 saturated heterocycles. The number of nitrogens with one attached hydrogen (secondary N) is 2. The second-order valence-electron chi connectivity index (χ2n) is 11.8. The largest absolute Gasteiger partial charge is 0.353 e. The minimum Gasteiger partial charge on any atom is -0.353 e. The Balaban J connectivity index is 1.20. The van der Waals surface area contributed by atoms with E-state index in [9.17, 15) is 26.7 Å². The van der Waals surface area contributed by atoms with Gasteiger partial charge in [0.15, 0.2) is 38.0 Å². The molecule has 6 aromatic rings. The number of fused-ring (bicyclic) bond motifs is 3. The van der Waals surface area contributed by atoms with Crippen LogP contribution in [0.3, 0.4) is 0 Å². The van der Waals surface area contributed by atoms with Gasteiger partial charge in [0.2, 0.25) is 11.9 Å². The van der Waals surface area contributed by atoms with Gasteiger partial charge in [0.1, 0.15) is 16.7 Å². The maximum Gasteiger partial charge on any atom is 0.252 e. The van der Waals surface area contributed by atoms with Gasteiger partial charge in [0, 0.05) is 49.6 Å². The molecule has 0 spiro atoms. The van der Waals surface area contributed by atoms with E-state index >= 15 is 0 Å². The van der Waals surface area contributed by atoms with Gasteiger partial charge in [-0.15, -0.1) is 0 Å². The van der Waals surface area contributed by atoms with Crippen LogP contribution in [0.25, 0.3) is 11.0 Å². The third-order valence-electron chi connectivity index (χ3n) is 8.61. The lowest BCUT2D eigenvalue weighted by molar-refractivity contribution is 0.499. The second-order valence-corrected chi connectivity index (χ2v) is 14.8. The van der Waals surface area contributed by atoms with Gasteiger partial charge in [-0.05, 0) is 54.8 Å². The Kier molecular flexibility index (Phi) is 8.07. The topological polar surface area (TPSA) is 78.8 Å². The van der Waals surface area contributed by atoms with Crippen molar-refractivity contribution in [3.63, 3.8) is 0 Å². The number of hydrogen-bond acceptors (Lipinski definition) is 6. The minimum atomic E-state index is -1.11. The molecule has 0 bridgehead atoms. The first kappa shape index (κ1) is 31.4. The van der Waals surface area contributed by atoms with Crippen molar-refractivity contribution in [3.8, 4) is 0 Å². The first-order valence-electron chi connectivity index (χ1n) is 15.4. The molecular formula is C35H26F5N6OS2+. The van der Waals surface area contributed by atoms with Gasteiger partial charge in [-0.3, -0.25) is 9.78 Å². The number of hydrogen-bond donors (Lipinski definition) is 2. The summed E-state index contributed by atoms with van der Waals surface area (Å²) in [5.41, 5.74) is 2.02. The highest BCUT2D eigenvalue weighted by Crippen LogP contribution is 2.49. The molecular weight excluding hydrogens is 680 g/mol. The average molecular weight is 706 g/mol. The molecule has 4 heterocycles. The van der Waals surface area contributed by atoms with Crippen LogP contribution in [0.2, 0.25) is 0 Å². The summed E-state index contributed by atoms with van der Waals surface area (Å²) in [4.78, 5) is 28.3. The summed E-state index contributed by atoms with van der Waals surface area (Å²) in [5, 5.41) is 3.30. The number of nitrogens with zero attached hydrogens (tertiary/aromatic N) is 4. The third-order valence-corrected chi connectivity index (χ3v) is 12.3. The minimum absolute atomic E-state index is 0.0734. The molecule has 1 fully saturated rings. The quantitative estimate of drug-likeness (QED) is 0.138. The van der Waals surface area contributed by atoms with Crippen molar-refractivity contribution in [3.05, 3.63) is 124 Å². The molecule has 2 N–H and O–H groups in total. The molecule has 8 rings (SSSR count). The molecule has 0 amide bonds. The van der Waals surface area contributed by atoms with Crippen molar-refractivity contribution in [2.24, 2.45) is 0 Å². The van der Waals surface area contributed by atoms with Gasteiger partial charge < -0.3 is 14.8 Å². The predicted octanol–water partition coefficient (Wildman–Crippen LogP) is 7.50. The van der Waals surface area contributed by atoms with Crippen LogP contribution in [0.5, 0.6) is 0 Å². The van der Waals surface area contributed by atoms with Crippen molar-refractivity contribution < 1.29 is 22.0 Å². The van der Waals surface area contributed by atoms with Gasteiger partial charge in [-0.25, -0.2) is 31.9 Å². The third kappa shape index (κ3) is 6.03. The number of aromatic nitrogens is 4. The SMILES string of the molecule is O=c1ccnc(NC2CCN(c3nc4ccc([S+]5c6cc(F)c(F)cc6Sc6cc(F)c(F)cc65)cc4n3Cc3ccc(F)cc3)CC2)[nH]1. The maximum atomic E-state index is 14.7. The summed E-state index contributed by atoms with van der Waals surface area (Å²) < 4.78 is 74.1. The molecule has 4 aromatic carbocycles. The number of halogens is 5. The van der Waals surface area contributed by atoms with Crippen molar-refractivity contribution in [2.45, 2.75) is 49.9 Å². The van der Waals surface area contributed by atoms with Crippen LogP contribution in [0.4, 0.5) is 33.8 Å². The van der Waals surface area contributed by atoms with Crippen molar-refractivity contribution in [1.29, 1.82) is 0 Å². The van der Waals surface area contributed by atoms with E-state index in [0.717, 1.165) is 59.9 Å². The number of imidazole rings is 1. The molecule has 0 radical (unpaired) electrons. The zero-order chi connectivity index (χ0) is 33.8. The van der Waals surface area contributed by atoms with Crippen LogP contribution >= 0.6 is 11.8 Å². The van der Waals surface area contributed by atoms with E-state index in [1.807, 2.05) is 22.8 Å². The van der Waals surface area contributed by atoms with E-state index in [1.54, 1.807) is 12.1 Å². The number of H-pyrrole nitrogens is 1. The van der Waals surface area contributed by atoms with E-state index < -0.39 is 34.2 Å². The van der Waals surface area contributed by atoms with Crippen LogP contribution in [-0.4, -0.2) is 38.7 Å². The highest BCUT2D eigenvalue weighted by atomic mass is 32.2. The highest BCUT2D eigenvalue weighted by molar-refractivity contribution is 8.04. The molecule has 0 saturated carbocycles. The van der Waals surface area contributed by atoms with Gasteiger partial charge in [0.25, 0.3) is 5.56 Å². The fourth-order valence-electron chi connectivity index (χ4n) is 6.24. The van der Waals surface area contributed by atoms with Gasteiger partial charge in [0.05, 0.1) is 27.4 Å². The van der Waals surface area contributed by atoms with Crippen LogP contribution in [0, 0.1) is 29.1 Å². The predicted molar refractivity (Wildman–Crippen MR) is 178 cm³/mol. The zero-order valence-corrected chi connectivity index (χ0v) is 27.2. The van der Waals surface area contributed by atoms with Crippen molar-refractivity contribution in [2.75, 3.05) is 23.3 Å². The number of piperidine rings is 1. The molecule has 0 aliphatic carbocycles. The summed E-state index contributed by atoms with van der Waals surface area (Å²) >= 11 is 1.07. The molecule has 248 valence electrons. The van der Waals surface area contributed by atoms with Crippen LogP contribution < -0.4 is 15.8 Å². The molecule has 14 heteroatoms. The first-order chi connectivity index (χ1) is 23.7. The summed E-state index contributed by atoms with van der Waals surface area (Å²) in [7, 11) is -1.11. The molecule has 2 aromatic heterocycles. The van der Waals surface area contributed by atoms with Gasteiger partial charge >= 0.3 is 0 Å². The number of benzene rings is 4. The van der Waals surface area contributed by atoms with Gasteiger partial charge in [-0.1, -0.05) is 23.9 Å². The fraction of sp³-hybridized carbons (Fsp3) is 0.171.